The van der Waals surface area contributed by atoms with E-state index >= 15 is 0 Å². The molecule has 3 rings (SSSR count). The molecular weight excluding hydrogens is 436 g/mol. The fraction of sp³-hybridized carbons (Fsp3) is 0.318. The zero-order valence-corrected chi connectivity index (χ0v) is 17.4. The average Bonchev–Trinajstić information content (AvgIpc) is 3.15. The van der Waals surface area contributed by atoms with Gasteiger partial charge in [-0.3, -0.25) is 5.10 Å². The van der Waals surface area contributed by atoms with Crippen LogP contribution in [0.1, 0.15) is 43.2 Å². The molecule has 0 saturated carbocycles. The van der Waals surface area contributed by atoms with E-state index in [9.17, 15) is 26.3 Å². The fourth-order valence-corrected chi connectivity index (χ4v) is 3.05. The number of aromatic amines is 1. The zero-order valence-electron chi connectivity index (χ0n) is 17.4. The first-order valence-corrected chi connectivity index (χ1v) is 9.57. The summed E-state index contributed by atoms with van der Waals surface area (Å²) in [4.78, 5) is 0. The van der Waals surface area contributed by atoms with Crippen molar-refractivity contribution in [1.29, 1.82) is 0 Å². The highest BCUT2D eigenvalue weighted by molar-refractivity contribution is 5.48. The second-order valence-electron chi connectivity index (χ2n) is 8.24. The third-order valence-corrected chi connectivity index (χ3v) is 4.60. The molecule has 2 N–H and O–H groups in total. The second kappa shape index (κ2) is 8.40. The van der Waals surface area contributed by atoms with E-state index < -0.39 is 29.2 Å². The zero-order chi connectivity index (χ0) is 23.7. The van der Waals surface area contributed by atoms with Gasteiger partial charge in [-0.25, -0.2) is 0 Å². The van der Waals surface area contributed by atoms with Gasteiger partial charge in [0.25, 0.3) is 0 Å². The van der Waals surface area contributed by atoms with Gasteiger partial charge in [0.2, 0.25) is 0 Å². The average molecular weight is 457 g/mol. The van der Waals surface area contributed by atoms with Gasteiger partial charge in [0.05, 0.1) is 17.3 Å². The summed E-state index contributed by atoms with van der Waals surface area (Å²) in [6.45, 7) is 6.63. The van der Waals surface area contributed by atoms with Crippen molar-refractivity contribution in [3.8, 4) is 11.5 Å². The smallest absolute Gasteiger partial charge is 0.416 e. The van der Waals surface area contributed by atoms with Gasteiger partial charge in [-0.15, -0.1) is 0 Å². The van der Waals surface area contributed by atoms with E-state index in [4.69, 9.17) is 4.74 Å². The minimum Gasteiger partial charge on any atom is -0.457 e. The predicted octanol–water partition coefficient (Wildman–Crippen LogP) is 7.15. The summed E-state index contributed by atoms with van der Waals surface area (Å²) in [7, 11) is 0. The van der Waals surface area contributed by atoms with Gasteiger partial charge < -0.3 is 10.1 Å². The third kappa shape index (κ3) is 5.74. The predicted molar refractivity (Wildman–Crippen MR) is 108 cm³/mol. The van der Waals surface area contributed by atoms with Crippen LogP contribution in [0.5, 0.6) is 11.5 Å². The molecule has 3 aromatic rings. The van der Waals surface area contributed by atoms with Gasteiger partial charge in [-0.1, -0.05) is 20.8 Å². The van der Waals surface area contributed by atoms with Crippen LogP contribution in [0.15, 0.2) is 48.7 Å². The second-order valence-corrected chi connectivity index (χ2v) is 8.24. The summed E-state index contributed by atoms with van der Waals surface area (Å²) >= 11 is 0. The molecule has 4 nitrogen and oxygen atoms in total. The maximum atomic E-state index is 13.0. The molecule has 2 aromatic carbocycles. The number of H-pyrrole nitrogens is 1. The Morgan fingerprint density at radius 3 is 1.91 bits per heavy atom. The number of anilines is 1. The van der Waals surface area contributed by atoms with Gasteiger partial charge in [-0.2, -0.15) is 31.4 Å². The molecule has 0 unspecified atom stereocenters. The van der Waals surface area contributed by atoms with Crippen LogP contribution in [0.2, 0.25) is 0 Å². The highest BCUT2D eigenvalue weighted by Crippen LogP contribution is 2.39. The number of aromatic nitrogens is 2. The monoisotopic (exact) mass is 457 g/mol. The number of hydrogen-bond donors (Lipinski definition) is 2. The molecule has 0 aliphatic heterocycles. The number of benzene rings is 2. The molecule has 0 radical (unpaired) electrons. The van der Waals surface area contributed by atoms with Crippen LogP contribution in [-0.4, -0.2) is 10.2 Å². The summed E-state index contributed by atoms with van der Waals surface area (Å²) in [5, 5.41) is 10.2. The van der Waals surface area contributed by atoms with E-state index in [1.165, 1.54) is 12.1 Å². The van der Waals surface area contributed by atoms with Crippen molar-refractivity contribution >= 4 is 5.69 Å². The van der Waals surface area contributed by atoms with Gasteiger partial charge in [0, 0.05) is 28.9 Å². The Morgan fingerprint density at radius 1 is 0.844 bits per heavy atom. The van der Waals surface area contributed by atoms with Crippen molar-refractivity contribution in [2.24, 2.45) is 0 Å². The maximum Gasteiger partial charge on any atom is 0.416 e. The lowest BCUT2D eigenvalue weighted by Crippen LogP contribution is -2.15. The molecule has 0 fully saturated rings. The first-order chi connectivity index (χ1) is 14.7. The van der Waals surface area contributed by atoms with E-state index in [1.54, 1.807) is 18.3 Å². The SMILES string of the molecule is CC(C)(C)c1[nH]ncc1CNc1ccc(Oc2cc(C(F)(F)F)cc(C(F)(F)F)c2)cc1. The normalized spacial score (nSPS) is 12.7. The van der Waals surface area contributed by atoms with E-state index in [1.807, 2.05) is 20.8 Å². The van der Waals surface area contributed by atoms with Crippen LogP contribution >= 0.6 is 0 Å². The molecular formula is C22H21F6N3O. The van der Waals surface area contributed by atoms with Crippen molar-refractivity contribution < 1.29 is 31.1 Å². The molecule has 10 heteroatoms. The first kappa shape index (κ1) is 23.5. The van der Waals surface area contributed by atoms with E-state index in [2.05, 4.69) is 15.5 Å². The fourth-order valence-electron chi connectivity index (χ4n) is 3.05. The van der Waals surface area contributed by atoms with Crippen molar-refractivity contribution in [2.45, 2.75) is 45.1 Å². The highest BCUT2D eigenvalue weighted by atomic mass is 19.4. The van der Waals surface area contributed by atoms with E-state index in [0.717, 1.165) is 11.3 Å². The lowest BCUT2D eigenvalue weighted by molar-refractivity contribution is -0.143. The largest absolute Gasteiger partial charge is 0.457 e. The van der Waals surface area contributed by atoms with Crippen LogP contribution in [0.3, 0.4) is 0 Å². The van der Waals surface area contributed by atoms with Crippen LogP contribution in [0.25, 0.3) is 0 Å². The number of nitrogens with one attached hydrogen (secondary N) is 2. The summed E-state index contributed by atoms with van der Waals surface area (Å²) in [6.07, 6.45) is -8.16. The molecule has 0 aliphatic carbocycles. The minimum atomic E-state index is -4.94. The van der Waals surface area contributed by atoms with Crippen LogP contribution < -0.4 is 10.1 Å². The van der Waals surface area contributed by atoms with Gasteiger partial charge in [0.15, 0.2) is 0 Å². The standard InChI is InChI=1S/C22H21F6N3O/c1-20(2,3)19-13(12-30-31-19)11-29-16-4-6-17(7-5-16)32-18-9-14(21(23,24)25)8-15(10-18)22(26,27)28/h4-10,12,29H,11H2,1-3H3,(H,30,31). The van der Waals surface area contributed by atoms with E-state index in [0.29, 0.717) is 24.4 Å². The Bertz CT molecular complexity index is 1030. The van der Waals surface area contributed by atoms with Crippen molar-refractivity contribution in [2.75, 3.05) is 5.32 Å². The van der Waals surface area contributed by atoms with Crippen LogP contribution in [0.4, 0.5) is 32.0 Å². The lowest BCUT2D eigenvalue weighted by atomic mass is 9.89. The molecule has 0 aliphatic rings. The highest BCUT2D eigenvalue weighted by Gasteiger charge is 2.37. The summed E-state index contributed by atoms with van der Waals surface area (Å²) in [6, 6.07) is 7.27. The molecule has 0 bridgehead atoms. The molecule has 1 heterocycles. The Hall–Kier alpha value is -3.17. The maximum absolute atomic E-state index is 13.0. The molecule has 1 aromatic heterocycles. The Balaban J connectivity index is 1.74. The molecule has 0 spiro atoms. The van der Waals surface area contributed by atoms with Crippen molar-refractivity contribution in [3.63, 3.8) is 0 Å². The number of alkyl halides is 6. The first-order valence-electron chi connectivity index (χ1n) is 9.57. The number of ether oxygens (including phenoxy) is 1. The van der Waals surface area contributed by atoms with Gasteiger partial charge in [0.1, 0.15) is 11.5 Å². The summed E-state index contributed by atoms with van der Waals surface area (Å²) in [5.74, 6) is -0.456. The van der Waals surface area contributed by atoms with Gasteiger partial charge in [-0.05, 0) is 42.5 Å². The number of halogens is 6. The minimum absolute atomic E-state index is 0.0571. The lowest BCUT2D eigenvalue weighted by Gasteiger charge is -2.19. The van der Waals surface area contributed by atoms with Gasteiger partial charge >= 0.3 is 12.4 Å². The quantitative estimate of drug-likeness (QED) is 0.400. The van der Waals surface area contributed by atoms with Crippen molar-refractivity contribution in [3.05, 3.63) is 71.0 Å². The molecule has 0 atom stereocenters. The topological polar surface area (TPSA) is 49.9 Å². The number of rotatable bonds is 5. The summed E-state index contributed by atoms with van der Waals surface area (Å²) in [5.41, 5.74) is -0.341. The molecule has 32 heavy (non-hydrogen) atoms. The van der Waals surface area contributed by atoms with Crippen LogP contribution in [-0.2, 0) is 24.3 Å². The molecule has 172 valence electrons. The van der Waals surface area contributed by atoms with Crippen molar-refractivity contribution in [1.82, 2.24) is 10.2 Å². The number of nitrogens with zero attached hydrogens (tertiary/aromatic N) is 1. The Kier molecular flexibility index (Phi) is 6.17. The number of hydrogen-bond acceptors (Lipinski definition) is 3. The third-order valence-electron chi connectivity index (χ3n) is 4.60. The van der Waals surface area contributed by atoms with E-state index in [-0.39, 0.29) is 17.2 Å². The Morgan fingerprint density at radius 2 is 1.41 bits per heavy atom. The summed E-state index contributed by atoms with van der Waals surface area (Å²) < 4.78 is 83.2. The Labute approximate surface area is 180 Å². The molecule has 0 saturated heterocycles. The molecule has 0 amide bonds. The van der Waals surface area contributed by atoms with Crippen LogP contribution in [0, 0.1) is 0 Å².